The van der Waals surface area contributed by atoms with Gasteiger partial charge in [0, 0.05) is 11.8 Å². The lowest BCUT2D eigenvalue weighted by atomic mass is 10.1. The lowest BCUT2D eigenvalue weighted by Gasteiger charge is -2.05. The highest BCUT2D eigenvalue weighted by molar-refractivity contribution is 9.09. The zero-order valence-corrected chi connectivity index (χ0v) is 13.0. The minimum Gasteiger partial charge on any atom is -0.466 e. The topological polar surface area (TPSA) is 26.3 Å². The zero-order valence-electron chi connectivity index (χ0n) is 11.4. The highest BCUT2D eigenvalue weighted by Gasteiger charge is 2.02. The van der Waals surface area contributed by atoms with Gasteiger partial charge in [0.15, 0.2) is 0 Å². The van der Waals surface area contributed by atoms with Crippen molar-refractivity contribution < 1.29 is 9.53 Å². The Bertz CT molecular complexity index is 338. The predicted octanol–water partition coefficient (Wildman–Crippen LogP) is 4.51. The van der Waals surface area contributed by atoms with Crippen LogP contribution in [0.15, 0.2) is 30.3 Å². The molecule has 0 heterocycles. The van der Waals surface area contributed by atoms with Gasteiger partial charge in [0.2, 0.25) is 0 Å². The zero-order chi connectivity index (χ0) is 13.8. The van der Waals surface area contributed by atoms with Crippen molar-refractivity contribution in [1.29, 1.82) is 0 Å². The highest BCUT2D eigenvalue weighted by Crippen LogP contribution is 2.06. The third kappa shape index (κ3) is 8.82. The predicted molar refractivity (Wildman–Crippen MR) is 82.6 cm³/mol. The second-order valence-electron chi connectivity index (χ2n) is 4.66. The first-order valence-corrected chi connectivity index (χ1v) is 8.20. The van der Waals surface area contributed by atoms with E-state index in [-0.39, 0.29) is 5.97 Å². The molecule has 0 spiro atoms. The average Bonchev–Trinajstić information content (AvgIpc) is 2.44. The number of hydrogen-bond acceptors (Lipinski definition) is 2. The molecule has 1 rings (SSSR count). The van der Waals surface area contributed by atoms with Crippen molar-refractivity contribution in [3.8, 4) is 0 Å². The molecule has 0 aromatic heterocycles. The van der Waals surface area contributed by atoms with E-state index < -0.39 is 0 Å². The molecular weight excluding hydrogens is 304 g/mol. The molecule has 0 unspecified atom stereocenters. The minimum absolute atomic E-state index is 0.0492. The molecule has 0 aliphatic heterocycles. The summed E-state index contributed by atoms with van der Waals surface area (Å²) in [5.74, 6) is -0.0492. The first-order chi connectivity index (χ1) is 9.33. The number of hydrogen-bond donors (Lipinski definition) is 0. The third-order valence-corrected chi connectivity index (χ3v) is 3.54. The van der Waals surface area contributed by atoms with Crippen LogP contribution in [0.4, 0.5) is 0 Å². The van der Waals surface area contributed by atoms with Crippen LogP contribution in [-0.2, 0) is 16.0 Å². The first-order valence-electron chi connectivity index (χ1n) is 7.08. The van der Waals surface area contributed by atoms with Crippen LogP contribution in [-0.4, -0.2) is 17.9 Å². The van der Waals surface area contributed by atoms with Gasteiger partial charge in [0.05, 0.1) is 6.61 Å². The van der Waals surface area contributed by atoms with E-state index in [2.05, 4.69) is 28.1 Å². The normalized spacial score (nSPS) is 10.4. The van der Waals surface area contributed by atoms with E-state index >= 15 is 0 Å². The Labute approximate surface area is 124 Å². The standard InChI is InChI=1S/C16H23BrO2/c17-13-7-2-1-6-12-16(18)19-14-8-11-15-9-4-3-5-10-15/h3-5,9-10H,1-2,6-8,11-14H2. The quantitative estimate of drug-likeness (QED) is 0.359. The van der Waals surface area contributed by atoms with Crippen LogP contribution in [0.25, 0.3) is 0 Å². The molecule has 1 aromatic rings. The summed E-state index contributed by atoms with van der Waals surface area (Å²) in [5, 5.41) is 1.05. The fourth-order valence-electron chi connectivity index (χ4n) is 1.90. The lowest BCUT2D eigenvalue weighted by molar-refractivity contribution is -0.143. The van der Waals surface area contributed by atoms with Gasteiger partial charge in [-0.2, -0.15) is 0 Å². The molecular formula is C16H23BrO2. The molecule has 0 saturated heterocycles. The second kappa shape index (κ2) is 11.0. The Kier molecular flexibility index (Phi) is 9.42. The Morgan fingerprint density at radius 1 is 1.00 bits per heavy atom. The number of ether oxygens (including phenoxy) is 1. The summed E-state index contributed by atoms with van der Waals surface area (Å²) in [6, 6.07) is 10.3. The largest absolute Gasteiger partial charge is 0.466 e. The summed E-state index contributed by atoms with van der Waals surface area (Å²) in [7, 11) is 0. The van der Waals surface area contributed by atoms with Crippen molar-refractivity contribution in [2.75, 3.05) is 11.9 Å². The molecule has 0 aliphatic rings. The van der Waals surface area contributed by atoms with E-state index in [9.17, 15) is 4.79 Å². The van der Waals surface area contributed by atoms with Crippen LogP contribution in [0.3, 0.4) is 0 Å². The Balaban J connectivity index is 1.95. The molecule has 0 fully saturated rings. The van der Waals surface area contributed by atoms with E-state index in [0.717, 1.165) is 31.0 Å². The number of rotatable bonds is 10. The van der Waals surface area contributed by atoms with Crippen molar-refractivity contribution in [2.24, 2.45) is 0 Å². The van der Waals surface area contributed by atoms with Gasteiger partial charge < -0.3 is 4.74 Å². The summed E-state index contributed by atoms with van der Waals surface area (Å²) in [5.41, 5.74) is 1.30. The first kappa shape index (κ1) is 16.2. The molecule has 0 bridgehead atoms. The Hall–Kier alpha value is -0.830. The van der Waals surface area contributed by atoms with Crippen LogP contribution < -0.4 is 0 Å². The number of esters is 1. The third-order valence-electron chi connectivity index (χ3n) is 2.98. The minimum atomic E-state index is -0.0492. The maximum Gasteiger partial charge on any atom is 0.305 e. The number of alkyl halides is 1. The van der Waals surface area contributed by atoms with Gasteiger partial charge in [0.1, 0.15) is 0 Å². The average molecular weight is 327 g/mol. The van der Waals surface area contributed by atoms with Crippen LogP contribution in [0.5, 0.6) is 0 Å². The van der Waals surface area contributed by atoms with Crippen LogP contribution in [0.1, 0.15) is 44.1 Å². The lowest BCUT2D eigenvalue weighted by Crippen LogP contribution is -2.06. The molecule has 2 nitrogen and oxygen atoms in total. The van der Waals surface area contributed by atoms with Crippen LogP contribution >= 0.6 is 15.9 Å². The van der Waals surface area contributed by atoms with E-state index in [0.29, 0.717) is 13.0 Å². The van der Waals surface area contributed by atoms with Gasteiger partial charge in [-0.25, -0.2) is 0 Å². The number of aryl methyl sites for hydroxylation is 1. The molecule has 0 atom stereocenters. The van der Waals surface area contributed by atoms with Crippen molar-refractivity contribution >= 4 is 21.9 Å². The number of unbranched alkanes of at least 4 members (excludes halogenated alkanes) is 3. The Morgan fingerprint density at radius 3 is 2.47 bits per heavy atom. The van der Waals surface area contributed by atoms with Gasteiger partial charge in [-0.1, -0.05) is 59.1 Å². The maximum absolute atomic E-state index is 11.5. The van der Waals surface area contributed by atoms with Gasteiger partial charge >= 0.3 is 5.97 Å². The maximum atomic E-state index is 11.5. The second-order valence-corrected chi connectivity index (χ2v) is 5.46. The summed E-state index contributed by atoms with van der Waals surface area (Å²) in [6.45, 7) is 0.537. The molecule has 0 N–H and O–H groups in total. The van der Waals surface area contributed by atoms with E-state index in [1.807, 2.05) is 18.2 Å². The fourth-order valence-corrected chi connectivity index (χ4v) is 2.29. The summed E-state index contributed by atoms with van der Waals surface area (Å²) in [4.78, 5) is 11.5. The molecule has 0 amide bonds. The van der Waals surface area contributed by atoms with Crippen molar-refractivity contribution in [2.45, 2.75) is 44.9 Å². The smallest absolute Gasteiger partial charge is 0.305 e. The van der Waals surface area contributed by atoms with Crippen molar-refractivity contribution in [3.05, 3.63) is 35.9 Å². The van der Waals surface area contributed by atoms with E-state index in [1.54, 1.807) is 0 Å². The molecule has 0 saturated carbocycles. The highest BCUT2D eigenvalue weighted by atomic mass is 79.9. The molecule has 19 heavy (non-hydrogen) atoms. The molecule has 106 valence electrons. The molecule has 3 heteroatoms. The SMILES string of the molecule is O=C(CCCCCCBr)OCCCc1ccccc1. The van der Waals surface area contributed by atoms with Crippen LogP contribution in [0, 0.1) is 0 Å². The van der Waals surface area contributed by atoms with Crippen molar-refractivity contribution in [3.63, 3.8) is 0 Å². The monoisotopic (exact) mass is 326 g/mol. The number of carbonyl (C=O) groups is 1. The van der Waals surface area contributed by atoms with Gasteiger partial charge in [-0.3, -0.25) is 4.79 Å². The summed E-state index contributed by atoms with van der Waals surface area (Å²) >= 11 is 3.40. The van der Waals surface area contributed by atoms with Crippen molar-refractivity contribution in [1.82, 2.24) is 0 Å². The van der Waals surface area contributed by atoms with E-state index in [1.165, 1.54) is 18.4 Å². The fraction of sp³-hybridized carbons (Fsp3) is 0.562. The van der Waals surface area contributed by atoms with E-state index in [4.69, 9.17) is 4.74 Å². The van der Waals surface area contributed by atoms with Crippen LogP contribution in [0.2, 0.25) is 0 Å². The molecule has 0 radical (unpaired) electrons. The Morgan fingerprint density at radius 2 is 1.74 bits per heavy atom. The summed E-state index contributed by atoms with van der Waals surface area (Å²) in [6.07, 6.45) is 6.88. The van der Waals surface area contributed by atoms with Gasteiger partial charge in [0.25, 0.3) is 0 Å². The van der Waals surface area contributed by atoms with Gasteiger partial charge in [-0.15, -0.1) is 0 Å². The van der Waals surface area contributed by atoms with Gasteiger partial charge in [-0.05, 0) is 31.2 Å². The number of carbonyl (C=O) groups excluding carboxylic acids is 1. The number of benzene rings is 1. The molecule has 1 aromatic carbocycles. The number of halogens is 1. The summed E-state index contributed by atoms with van der Waals surface area (Å²) < 4.78 is 5.22. The molecule has 0 aliphatic carbocycles.